The van der Waals surface area contributed by atoms with Crippen molar-refractivity contribution < 1.29 is 9.53 Å². The van der Waals surface area contributed by atoms with Crippen molar-refractivity contribution in [1.29, 1.82) is 0 Å². The third-order valence-electron chi connectivity index (χ3n) is 5.60. The number of carbonyl (C=O) groups excluding carboxylic acids is 1. The molecule has 0 saturated carbocycles. The molecule has 6 nitrogen and oxygen atoms in total. The van der Waals surface area contributed by atoms with Gasteiger partial charge in [0.15, 0.2) is 0 Å². The minimum absolute atomic E-state index is 0.183. The molecule has 1 unspecified atom stereocenters. The molecule has 2 aromatic heterocycles. The van der Waals surface area contributed by atoms with E-state index in [4.69, 9.17) is 16.3 Å². The number of halogens is 1. The van der Waals surface area contributed by atoms with Gasteiger partial charge in [0.25, 0.3) is 5.91 Å². The molecule has 0 spiro atoms. The fourth-order valence-corrected chi connectivity index (χ4v) is 4.16. The van der Waals surface area contributed by atoms with Crippen LogP contribution in [0.2, 0.25) is 5.02 Å². The first-order valence-corrected chi connectivity index (χ1v) is 10.6. The average molecular weight is 449 g/mol. The first kappa shape index (κ1) is 21.7. The highest BCUT2D eigenvalue weighted by Crippen LogP contribution is 2.30. The summed E-state index contributed by atoms with van der Waals surface area (Å²) in [5.41, 5.74) is 4.20. The van der Waals surface area contributed by atoms with Gasteiger partial charge in [0.2, 0.25) is 0 Å². The largest absolute Gasteiger partial charge is 0.496 e. The molecule has 164 valence electrons. The lowest BCUT2D eigenvalue weighted by molar-refractivity contribution is 0.0940. The van der Waals surface area contributed by atoms with Gasteiger partial charge in [-0.15, -0.1) is 0 Å². The molecule has 0 radical (unpaired) electrons. The predicted molar refractivity (Wildman–Crippen MR) is 126 cm³/mol. The molecular formula is C25H25ClN4O2. The van der Waals surface area contributed by atoms with Gasteiger partial charge in [-0.25, -0.2) is 4.98 Å². The number of nitrogens with one attached hydrogen (secondary N) is 1. The Labute approximate surface area is 192 Å². The van der Waals surface area contributed by atoms with Crippen molar-refractivity contribution in [2.24, 2.45) is 7.05 Å². The number of methoxy groups -OCH3 is 1. The highest BCUT2D eigenvalue weighted by molar-refractivity contribution is 6.30. The molecule has 7 heteroatoms. The standard InChI is InChI=1S/C25H25ClN4O2/c1-16-15-21(17(2)30(16)19-11-9-18(26)10-12-19)25(31)28-23(24-27-13-14-29(24)3)20-7-5-6-8-22(20)32-4/h5-15,23H,1-4H3,(H,28,31). The number of para-hydroxylation sites is 1. The Kier molecular flexibility index (Phi) is 6.06. The summed E-state index contributed by atoms with van der Waals surface area (Å²) in [4.78, 5) is 18.0. The molecular weight excluding hydrogens is 424 g/mol. The first-order chi connectivity index (χ1) is 15.4. The number of ether oxygens (including phenoxy) is 1. The molecule has 4 rings (SSSR count). The third-order valence-corrected chi connectivity index (χ3v) is 5.85. The van der Waals surface area contributed by atoms with Crippen LogP contribution < -0.4 is 10.1 Å². The molecule has 0 aliphatic heterocycles. The summed E-state index contributed by atoms with van der Waals surface area (Å²) in [6.45, 7) is 3.92. The van der Waals surface area contributed by atoms with Crippen molar-refractivity contribution >= 4 is 17.5 Å². The monoisotopic (exact) mass is 448 g/mol. The van der Waals surface area contributed by atoms with Gasteiger partial charge in [0.1, 0.15) is 17.6 Å². The molecule has 0 bridgehead atoms. The maximum absolute atomic E-state index is 13.5. The lowest BCUT2D eigenvalue weighted by Crippen LogP contribution is -2.31. The van der Waals surface area contributed by atoms with Gasteiger partial charge >= 0.3 is 0 Å². The molecule has 2 aromatic carbocycles. The number of imidazole rings is 1. The normalized spacial score (nSPS) is 11.9. The Morgan fingerprint density at radius 1 is 1.12 bits per heavy atom. The molecule has 0 aliphatic rings. The zero-order valence-electron chi connectivity index (χ0n) is 18.5. The lowest BCUT2D eigenvalue weighted by Gasteiger charge is -2.21. The van der Waals surface area contributed by atoms with Gasteiger partial charge in [-0.3, -0.25) is 4.79 Å². The second-order valence-corrected chi connectivity index (χ2v) is 8.08. The molecule has 4 aromatic rings. The van der Waals surface area contributed by atoms with E-state index in [1.54, 1.807) is 13.3 Å². The zero-order valence-corrected chi connectivity index (χ0v) is 19.2. The Morgan fingerprint density at radius 2 is 1.84 bits per heavy atom. The number of nitrogens with zero attached hydrogens (tertiary/aromatic N) is 3. The summed E-state index contributed by atoms with van der Waals surface area (Å²) < 4.78 is 9.51. The minimum Gasteiger partial charge on any atom is -0.496 e. The lowest BCUT2D eigenvalue weighted by atomic mass is 10.0. The second kappa shape index (κ2) is 8.93. The zero-order chi connectivity index (χ0) is 22.8. The van der Waals surface area contributed by atoms with Crippen LogP contribution in [0.4, 0.5) is 0 Å². The highest BCUT2D eigenvalue weighted by Gasteiger charge is 2.26. The number of carbonyl (C=O) groups is 1. The van der Waals surface area contributed by atoms with Gasteiger partial charge < -0.3 is 19.2 Å². The maximum Gasteiger partial charge on any atom is 0.253 e. The van der Waals surface area contributed by atoms with Crippen LogP contribution in [0, 0.1) is 13.8 Å². The summed E-state index contributed by atoms with van der Waals surface area (Å²) in [6.07, 6.45) is 3.58. The Morgan fingerprint density at radius 3 is 2.50 bits per heavy atom. The SMILES string of the molecule is COc1ccccc1C(NC(=O)c1cc(C)n(-c2ccc(Cl)cc2)c1C)c1nccn1C. The van der Waals surface area contributed by atoms with E-state index >= 15 is 0 Å². The van der Waals surface area contributed by atoms with E-state index in [9.17, 15) is 4.79 Å². The quantitative estimate of drug-likeness (QED) is 0.451. The summed E-state index contributed by atoms with van der Waals surface area (Å²) in [5.74, 6) is 1.22. The number of hydrogen-bond donors (Lipinski definition) is 1. The van der Waals surface area contributed by atoms with Crippen molar-refractivity contribution in [2.75, 3.05) is 7.11 Å². The average Bonchev–Trinajstić information content (AvgIpc) is 3.35. The van der Waals surface area contributed by atoms with Crippen molar-refractivity contribution in [3.63, 3.8) is 0 Å². The molecule has 0 saturated heterocycles. The summed E-state index contributed by atoms with van der Waals surface area (Å²) >= 11 is 6.04. The Balaban J connectivity index is 1.73. The summed E-state index contributed by atoms with van der Waals surface area (Å²) in [6, 6.07) is 16.6. The van der Waals surface area contributed by atoms with E-state index in [1.807, 2.05) is 90.8 Å². The minimum atomic E-state index is -0.475. The van der Waals surface area contributed by atoms with Crippen LogP contribution in [0.3, 0.4) is 0 Å². The number of aromatic nitrogens is 3. The Hall–Kier alpha value is -3.51. The molecule has 2 heterocycles. The van der Waals surface area contributed by atoms with Crippen LogP contribution in [0.5, 0.6) is 5.75 Å². The molecule has 1 amide bonds. The maximum atomic E-state index is 13.5. The van der Waals surface area contributed by atoms with Crippen LogP contribution in [0.15, 0.2) is 67.0 Å². The van der Waals surface area contributed by atoms with E-state index in [-0.39, 0.29) is 5.91 Å². The number of rotatable bonds is 6. The number of amides is 1. The van der Waals surface area contributed by atoms with E-state index in [0.29, 0.717) is 22.2 Å². The van der Waals surface area contributed by atoms with Gasteiger partial charge in [-0.05, 0) is 50.2 Å². The van der Waals surface area contributed by atoms with E-state index in [0.717, 1.165) is 22.6 Å². The van der Waals surface area contributed by atoms with Gasteiger partial charge in [-0.2, -0.15) is 0 Å². The molecule has 0 fully saturated rings. The summed E-state index contributed by atoms with van der Waals surface area (Å²) in [5, 5.41) is 3.84. The van der Waals surface area contributed by atoms with E-state index in [1.165, 1.54) is 0 Å². The second-order valence-electron chi connectivity index (χ2n) is 7.64. The molecule has 32 heavy (non-hydrogen) atoms. The van der Waals surface area contributed by atoms with Gasteiger partial charge in [0, 0.05) is 47.1 Å². The van der Waals surface area contributed by atoms with Gasteiger partial charge in [-0.1, -0.05) is 29.8 Å². The van der Waals surface area contributed by atoms with Crippen LogP contribution >= 0.6 is 11.6 Å². The molecule has 1 N–H and O–H groups in total. The van der Waals surface area contributed by atoms with Crippen molar-refractivity contribution in [3.05, 3.63) is 100 Å². The third kappa shape index (κ3) is 4.01. The van der Waals surface area contributed by atoms with Crippen molar-refractivity contribution in [1.82, 2.24) is 19.4 Å². The van der Waals surface area contributed by atoms with E-state index in [2.05, 4.69) is 10.3 Å². The fraction of sp³-hybridized carbons (Fsp3) is 0.200. The molecule has 1 atom stereocenters. The van der Waals surface area contributed by atoms with Crippen LogP contribution in [-0.2, 0) is 7.05 Å². The number of hydrogen-bond acceptors (Lipinski definition) is 3. The highest BCUT2D eigenvalue weighted by atomic mass is 35.5. The Bertz CT molecular complexity index is 1260. The van der Waals surface area contributed by atoms with E-state index < -0.39 is 6.04 Å². The molecule has 0 aliphatic carbocycles. The van der Waals surface area contributed by atoms with Crippen LogP contribution in [0.1, 0.15) is 39.2 Å². The number of benzene rings is 2. The fourth-order valence-electron chi connectivity index (χ4n) is 4.03. The summed E-state index contributed by atoms with van der Waals surface area (Å²) in [7, 11) is 3.53. The smallest absolute Gasteiger partial charge is 0.253 e. The van der Waals surface area contributed by atoms with Crippen LogP contribution in [-0.4, -0.2) is 27.1 Å². The topological polar surface area (TPSA) is 61.1 Å². The first-order valence-electron chi connectivity index (χ1n) is 10.3. The van der Waals surface area contributed by atoms with Gasteiger partial charge in [0.05, 0.1) is 12.7 Å². The number of aryl methyl sites for hydroxylation is 2. The predicted octanol–water partition coefficient (Wildman–Crippen LogP) is 5.01. The van der Waals surface area contributed by atoms with Crippen molar-refractivity contribution in [3.8, 4) is 11.4 Å². The van der Waals surface area contributed by atoms with Crippen LogP contribution in [0.25, 0.3) is 5.69 Å². The van der Waals surface area contributed by atoms with Crippen molar-refractivity contribution in [2.45, 2.75) is 19.9 Å².